The number of para-hydroxylation sites is 1. The molecule has 22 heavy (non-hydrogen) atoms. The average Bonchev–Trinajstić information content (AvgIpc) is 2.36. The Morgan fingerprint density at radius 2 is 1.55 bits per heavy atom. The first kappa shape index (κ1) is 20.7. The lowest BCUT2D eigenvalue weighted by molar-refractivity contribution is -0.253. The zero-order valence-corrected chi connectivity index (χ0v) is 11.3. The summed E-state index contributed by atoms with van der Waals surface area (Å²) in [5.74, 6) is -0.974. The van der Waals surface area contributed by atoms with Crippen LogP contribution in [0.25, 0.3) is 0 Å². The summed E-state index contributed by atoms with van der Waals surface area (Å²) in [5, 5.41) is 9.00. The molecule has 0 saturated carbocycles. The number of hydrogen-bond donors (Lipinski definition) is 2. The lowest BCUT2D eigenvalue weighted by Crippen LogP contribution is -2.40. The van der Waals surface area contributed by atoms with Crippen LogP contribution in [-0.4, -0.2) is 29.9 Å². The highest BCUT2D eigenvalue weighted by atomic mass is 35.5. The van der Waals surface area contributed by atoms with Crippen LogP contribution in [0.2, 0.25) is 0 Å². The van der Waals surface area contributed by atoms with Crippen molar-refractivity contribution < 1.29 is 40.6 Å². The second-order valence-corrected chi connectivity index (χ2v) is 4.01. The van der Waals surface area contributed by atoms with Gasteiger partial charge in [-0.3, -0.25) is 0 Å². The summed E-state index contributed by atoms with van der Waals surface area (Å²) in [6.07, 6.45) is -17.3. The third kappa shape index (κ3) is 4.89. The van der Waals surface area contributed by atoms with Gasteiger partial charge in [0.05, 0.1) is 6.04 Å². The molecule has 0 aromatic heterocycles. The molecule has 2 atom stereocenters. The number of alkyl halides is 7. The summed E-state index contributed by atoms with van der Waals surface area (Å²) in [4.78, 5) is 0. The zero-order chi connectivity index (χ0) is 16.4. The summed E-state index contributed by atoms with van der Waals surface area (Å²) in [5.41, 5.74) is 4.46. The Balaban J connectivity index is 0.00000441. The highest BCUT2D eigenvalue weighted by Gasteiger charge is 2.46. The van der Waals surface area contributed by atoms with Crippen molar-refractivity contribution in [3.63, 3.8) is 0 Å². The van der Waals surface area contributed by atoms with Crippen LogP contribution in [0.5, 0.6) is 5.75 Å². The fourth-order valence-corrected chi connectivity index (χ4v) is 1.41. The van der Waals surface area contributed by atoms with Gasteiger partial charge in [-0.2, -0.15) is 30.7 Å². The Kier molecular flexibility index (Phi) is 6.92. The van der Waals surface area contributed by atoms with Crippen LogP contribution in [0.4, 0.5) is 30.7 Å². The Hall–Kier alpha value is -1.26. The second kappa shape index (κ2) is 7.34. The van der Waals surface area contributed by atoms with Crippen LogP contribution in [-0.2, 0) is 0 Å². The third-order valence-electron chi connectivity index (χ3n) is 2.45. The number of ether oxygens (including phenoxy) is 1. The quantitative estimate of drug-likeness (QED) is 0.795. The maximum Gasteiger partial charge on any atom is 0.461 e. The van der Waals surface area contributed by atoms with E-state index in [1.54, 1.807) is 0 Å². The molecule has 0 radical (unpaired) electrons. The molecule has 0 saturated heterocycles. The minimum Gasteiger partial charge on any atom is -0.428 e. The van der Waals surface area contributed by atoms with E-state index >= 15 is 0 Å². The first-order valence-electron chi connectivity index (χ1n) is 5.41. The minimum atomic E-state index is -5.11. The smallest absolute Gasteiger partial charge is 0.428 e. The molecular weight excluding hydrogens is 347 g/mol. The summed E-state index contributed by atoms with van der Waals surface area (Å²) in [7, 11) is 0. The third-order valence-corrected chi connectivity index (χ3v) is 2.45. The molecule has 128 valence electrons. The van der Waals surface area contributed by atoms with Crippen LogP contribution in [0.3, 0.4) is 0 Å². The second-order valence-electron chi connectivity index (χ2n) is 4.01. The van der Waals surface area contributed by atoms with E-state index in [1.165, 1.54) is 0 Å². The fourth-order valence-electron chi connectivity index (χ4n) is 1.41. The molecule has 0 bridgehead atoms. The summed E-state index contributed by atoms with van der Waals surface area (Å²) in [6.45, 7) is 0. The average molecular weight is 358 g/mol. The van der Waals surface area contributed by atoms with E-state index in [9.17, 15) is 30.7 Å². The molecule has 1 rings (SSSR count). The topological polar surface area (TPSA) is 55.5 Å². The van der Waals surface area contributed by atoms with Gasteiger partial charge in [-0.25, -0.2) is 0 Å². The van der Waals surface area contributed by atoms with Crippen molar-refractivity contribution in [2.24, 2.45) is 5.73 Å². The van der Waals surface area contributed by atoms with E-state index in [0.29, 0.717) is 0 Å². The molecule has 3 nitrogen and oxygen atoms in total. The molecule has 0 aliphatic carbocycles. The number of aliphatic hydroxyl groups is 1. The standard InChI is InChI=1S/C11H10F7NO2.ClH/c12-9(13)11(17,18)21-6-4-2-1-3-5(6)7(19)8(20)10(14,15)16;/h1-4,7-9,20H,19H2;1H/t7-,8-;/m0./s1. The van der Waals surface area contributed by atoms with Crippen molar-refractivity contribution in [1.29, 1.82) is 0 Å². The SMILES string of the molecule is Cl.N[C@@H](c1ccccc1OC(F)(F)C(F)F)[C@H](O)C(F)(F)F. The molecule has 11 heteroatoms. The van der Waals surface area contributed by atoms with Crippen LogP contribution >= 0.6 is 12.4 Å². The lowest BCUT2D eigenvalue weighted by Gasteiger charge is -2.25. The normalized spacial score (nSPS) is 15.2. The van der Waals surface area contributed by atoms with Crippen LogP contribution < -0.4 is 10.5 Å². The Morgan fingerprint density at radius 3 is 2.00 bits per heavy atom. The molecule has 1 aromatic rings. The molecule has 0 spiro atoms. The number of benzene rings is 1. The monoisotopic (exact) mass is 357 g/mol. The van der Waals surface area contributed by atoms with Crippen molar-refractivity contribution >= 4 is 12.4 Å². The highest BCUT2D eigenvalue weighted by Crippen LogP contribution is 2.36. The maximum absolute atomic E-state index is 12.8. The molecular formula is C11H11ClF7NO2. The maximum atomic E-state index is 12.8. The van der Waals surface area contributed by atoms with Gasteiger partial charge >= 0.3 is 18.7 Å². The van der Waals surface area contributed by atoms with Gasteiger partial charge < -0.3 is 15.6 Å². The fraction of sp³-hybridized carbons (Fsp3) is 0.455. The van der Waals surface area contributed by atoms with Crippen molar-refractivity contribution in [3.05, 3.63) is 29.8 Å². The predicted molar refractivity (Wildman–Crippen MR) is 64.3 cm³/mol. The zero-order valence-electron chi connectivity index (χ0n) is 10.5. The Labute approximate surface area is 126 Å². The van der Waals surface area contributed by atoms with Crippen LogP contribution in [0.15, 0.2) is 24.3 Å². The minimum absolute atomic E-state index is 0. The van der Waals surface area contributed by atoms with Gasteiger partial charge in [0.25, 0.3) is 0 Å². The van der Waals surface area contributed by atoms with E-state index in [4.69, 9.17) is 10.8 Å². The number of halogens is 8. The molecule has 0 unspecified atom stereocenters. The molecule has 0 aliphatic heterocycles. The Morgan fingerprint density at radius 1 is 1.05 bits per heavy atom. The van der Waals surface area contributed by atoms with Crippen molar-refractivity contribution in [3.8, 4) is 5.75 Å². The van der Waals surface area contributed by atoms with E-state index in [2.05, 4.69) is 4.74 Å². The van der Waals surface area contributed by atoms with Crippen molar-refractivity contribution in [2.45, 2.75) is 30.9 Å². The molecule has 0 heterocycles. The molecule has 1 aromatic carbocycles. The van der Waals surface area contributed by atoms with Crippen LogP contribution in [0.1, 0.15) is 11.6 Å². The van der Waals surface area contributed by atoms with Gasteiger partial charge in [0, 0.05) is 5.56 Å². The predicted octanol–water partition coefficient (Wildman–Crippen LogP) is 3.27. The van der Waals surface area contributed by atoms with E-state index in [-0.39, 0.29) is 12.4 Å². The van der Waals surface area contributed by atoms with E-state index in [0.717, 1.165) is 24.3 Å². The highest BCUT2D eigenvalue weighted by molar-refractivity contribution is 5.85. The first-order valence-corrected chi connectivity index (χ1v) is 5.41. The van der Waals surface area contributed by atoms with E-state index in [1.807, 2.05) is 0 Å². The number of rotatable bonds is 5. The van der Waals surface area contributed by atoms with Crippen molar-refractivity contribution in [1.82, 2.24) is 0 Å². The molecule has 0 fully saturated rings. The largest absolute Gasteiger partial charge is 0.461 e. The van der Waals surface area contributed by atoms with Gasteiger partial charge in [0.1, 0.15) is 5.75 Å². The number of hydrogen-bond acceptors (Lipinski definition) is 3. The van der Waals surface area contributed by atoms with Gasteiger partial charge in [-0.15, -0.1) is 12.4 Å². The molecule has 0 amide bonds. The first-order chi connectivity index (χ1) is 9.47. The molecule has 3 N–H and O–H groups in total. The summed E-state index contributed by atoms with van der Waals surface area (Å²) in [6, 6.07) is 1.64. The van der Waals surface area contributed by atoms with Gasteiger partial charge in [-0.05, 0) is 6.07 Å². The van der Waals surface area contributed by atoms with Crippen LogP contribution in [0, 0.1) is 0 Å². The number of aliphatic hydroxyl groups excluding tert-OH is 1. The van der Waals surface area contributed by atoms with Gasteiger partial charge in [-0.1, -0.05) is 18.2 Å². The summed E-state index contributed by atoms with van der Waals surface area (Å²) < 4.78 is 90.5. The lowest BCUT2D eigenvalue weighted by atomic mass is 10.0. The van der Waals surface area contributed by atoms with E-state index < -0.39 is 42.2 Å². The summed E-state index contributed by atoms with van der Waals surface area (Å²) >= 11 is 0. The molecule has 0 aliphatic rings. The van der Waals surface area contributed by atoms with Gasteiger partial charge in [0.15, 0.2) is 6.10 Å². The Bertz CT molecular complexity index is 484. The van der Waals surface area contributed by atoms with Crippen molar-refractivity contribution in [2.75, 3.05) is 0 Å². The van der Waals surface area contributed by atoms with Gasteiger partial charge in [0.2, 0.25) is 0 Å². The number of nitrogens with two attached hydrogens (primary N) is 1.